The number of likely N-dealkylation sites (tertiary alicyclic amines) is 1. The molecule has 0 aromatic heterocycles. The molecule has 1 amide bonds. The first kappa shape index (κ1) is 18.7. The number of nitrogens with zero attached hydrogens (tertiary/aromatic N) is 2. The lowest BCUT2D eigenvalue weighted by Gasteiger charge is -2.38. The van der Waals surface area contributed by atoms with Crippen LogP contribution in [-0.2, 0) is 14.3 Å². The Hall–Kier alpha value is -1.30. The van der Waals surface area contributed by atoms with Gasteiger partial charge in [-0.3, -0.25) is 4.79 Å². The molecule has 0 spiro atoms. The van der Waals surface area contributed by atoms with Crippen LogP contribution in [0.5, 0.6) is 0 Å². The Labute approximate surface area is 133 Å². The van der Waals surface area contributed by atoms with Gasteiger partial charge in [-0.25, -0.2) is 4.79 Å². The Morgan fingerprint density at radius 2 is 1.73 bits per heavy atom. The zero-order valence-electron chi connectivity index (χ0n) is 14.8. The Balaban J connectivity index is 2.45. The first-order valence-electron chi connectivity index (χ1n) is 7.83. The standard InChI is InChI=1S/C16H30N2O4/c1-15(2,3)22-14(20)18-9-7-16(4,8-10-18)13(19)21-12-11-17(5)6/h7-12H2,1-6H3. The minimum Gasteiger partial charge on any atom is -0.464 e. The highest BCUT2D eigenvalue weighted by atomic mass is 16.6. The van der Waals surface area contributed by atoms with E-state index < -0.39 is 11.0 Å². The van der Waals surface area contributed by atoms with Gasteiger partial charge in [-0.2, -0.15) is 0 Å². The number of hydrogen-bond acceptors (Lipinski definition) is 5. The highest BCUT2D eigenvalue weighted by molar-refractivity contribution is 5.77. The van der Waals surface area contributed by atoms with Crippen LogP contribution < -0.4 is 0 Å². The van der Waals surface area contributed by atoms with Gasteiger partial charge in [0, 0.05) is 19.6 Å². The summed E-state index contributed by atoms with van der Waals surface area (Å²) in [6.45, 7) is 9.62. The van der Waals surface area contributed by atoms with Crippen molar-refractivity contribution in [1.82, 2.24) is 9.80 Å². The summed E-state index contributed by atoms with van der Waals surface area (Å²) >= 11 is 0. The molecule has 6 nitrogen and oxygen atoms in total. The molecule has 0 N–H and O–H groups in total. The zero-order valence-corrected chi connectivity index (χ0v) is 14.8. The maximum atomic E-state index is 12.2. The van der Waals surface area contributed by atoms with E-state index in [1.54, 1.807) is 4.90 Å². The predicted octanol–water partition coefficient (Wildman–Crippen LogP) is 2.13. The second-order valence-electron chi connectivity index (χ2n) is 7.47. The maximum absolute atomic E-state index is 12.2. The highest BCUT2D eigenvalue weighted by Crippen LogP contribution is 2.32. The largest absolute Gasteiger partial charge is 0.464 e. The van der Waals surface area contributed by atoms with E-state index in [1.165, 1.54) is 0 Å². The van der Waals surface area contributed by atoms with Crippen LogP contribution in [0.3, 0.4) is 0 Å². The molecule has 0 unspecified atom stereocenters. The first-order chi connectivity index (χ1) is 10.0. The van der Waals surface area contributed by atoms with Crippen LogP contribution in [-0.4, -0.2) is 67.8 Å². The van der Waals surface area contributed by atoms with E-state index in [4.69, 9.17) is 9.47 Å². The summed E-state index contributed by atoms with van der Waals surface area (Å²) < 4.78 is 10.7. The van der Waals surface area contributed by atoms with Crippen LogP contribution >= 0.6 is 0 Å². The van der Waals surface area contributed by atoms with Crippen LogP contribution in [0.4, 0.5) is 4.79 Å². The molecule has 0 saturated carbocycles. The molecule has 0 atom stereocenters. The van der Waals surface area contributed by atoms with Gasteiger partial charge < -0.3 is 19.3 Å². The summed E-state index contributed by atoms with van der Waals surface area (Å²) in [7, 11) is 3.88. The van der Waals surface area contributed by atoms with Crippen molar-refractivity contribution in [3.05, 3.63) is 0 Å². The molecule has 1 heterocycles. The van der Waals surface area contributed by atoms with Gasteiger partial charge in [0.1, 0.15) is 12.2 Å². The van der Waals surface area contributed by atoms with E-state index in [0.717, 1.165) is 0 Å². The van der Waals surface area contributed by atoms with Gasteiger partial charge in [-0.05, 0) is 54.6 Å². The van der Waals surface area contributed by atoms with E-state index in [2.05, 4.69) is 0 Å². The quantitative estimate of drug-likeness (QED) is 0.744. The van der Waals surface area contributed by atoms with Gasteiger partial charge in [0.25, 0.3) is 0 Å². The molecule has 0 radical (unpaired) electrons. The number of likely N-dealkylation sites (N-methyl/N-ethyl adjacent to an activating group) is 1. The summed E-state index contributed by atoms with van der Waals surface area (Å²) in [6.07, 6.45) is 0.899. The monoisotopic (exact) mass is 314 g/mol. The molecule has 0 aromatic carbocycles. The van der Waals surface area contributed by atoms with Crippen molar-refractivity contribution in [2.24, 2.45) is 5.41 Å². The SMILES string of the molecule is CN(C)CCOC(=O)C1(C)CCN(C(=O)OC(C)(C)C)CC1. The first-order valence-corrected chi connectivity index (χ1v) is 7.83. The lowest BCUT2D eigenvalue weighted by Crippen LogP contribution is -2.47. The number of carbonyl (C=O) groups excluding carboxylic acids is 2. The molecule has 6 heteroatoms. The van der Waals surface area contributed by atoms with Crippen molar-refractivity contribution in [2.75, 3.05) is 40.3 Å². The van der Waals surface area contributed by atoms with Crippen molar-refractivity contribution in [3.63, 3.8) is 0 Å². The van der Waals surface area contributed by atoms with Gasteiger partial charge in [0.05, 0.1) is 5.41 Å². The third-order valence-corrected chi connectivity index (χ3v) is 3.78. The Bertz CT molecular complexity index is 393. The van der Waals surface area contributed by atoms with Crippen LogP contribution in [0.15, 0.2) is 0 Å². The molecule has 1 rings (SSSR count). The smallest absolute Gasteiger partial charge is 0.410 e. The Kier molecular flexibility index (Phi) is 6.23. The summed E-state index contributed by atoms with van der Waals surface area (Å²) in [6, 6.07) is 0. The van der Waals surface area contributed by atoms with Gasteiger partial charge in [-0.1, -0.05) is 0 Å². The van der Waals surface area contributed by atoms with Crippen molar-refractivity contribution in [2.45, 2.75) is 46.1 Å². The van der Waals surface area contributed by atoms with Gasteiger partial charge in [0.2, 0.25) is 0 Å². The number of amides is 1. The van der Waals surface area contributed by atoms with Crippen LogP contribution in [0.25, 0.3) is 0 Å². The number of carbonyl (C=O) groups is 2. The molecular weight excluding hydrogens is 284 g/mol. The fourth-order valence-corrected chi connectivity index (χ4v) is 2.21. The minimum absolute atomic E-state index is 0.168. The Morgan fingerprint density at radius 1 is 1.18 bits per heavy atom. The van der Waals surface area contributed by atoms with Crippen molar-refractivity contribution in [3.8, 4) is 0 Å². The number of hydrogen-bond donors (Lipinski definition) is 0. The summed E-state index contributed by atoms with van der Waals surface area (Å²) in [4.78, 5) is 27.9. The van der Waals surface area contributed by atoms with Gasteiger partial charge in [0.15, 0.2) is 0 Å². The molecular formula is C16H30N2O4. The molecule has 1 saturated heterocycles. The third kappa shape index (κ3) is 5.83. The highest BCUT2D eigenvalue weighted by Gasteiger charge is 2.40. The molecule has 0 bridgehead atoms. The molecule has 128 valence electrons. The van der Waals surface area contributed by atoms with Gasteiger partial charge in [-0.15, -0.1) is 0 Å². The van der Waals surface area contributed by atoms with E-state index in [1.807, 2.05) is 46.7 Å². The molecule has 1 fully saturated rings. The van der Waals surface area contributed by atoms with E-state index in [9.17, 15) is 9.59 Å². The number of ether oxygens (including phenoxy) is 2. The number of esters is 1. The predicted molar refractivity (Wildman–Crippen MR) is 84.7 cm³/mol. The summed E-state index contributed by atoms with van der Waals surface area (Å²) in [5, 5.41) is 0. The van der Waals surface area contributed by atoms with Crippen LogP contribution in [0, 0.1) is 5.41 Å². The van der Waals surface area contributed by atoms with Crippen molar-refractivity contribution in [1.29, 1.82) is 0 Å². The second-order valence-corrected chi connectivity index (χ2v) is 7.47. The Morgan fingerprint density at radius 3 is 2.18 bits per heavy atom. The number of piperidine rings is 1. The normalized spacial score (nSPS) is 18.2. The molecule has 0 aromatic rings. The minimum atomic E-state index is -0.509. The van der Waals surface area contributed by atoms with Crippen molar-refractivity contribution < 1.29 is 19.1 Å². The number of rotatable bonds is 4. The molecule has 22 heavy (non-hydrogen) atoms. The topological polar surface area (TPSA) is 59.1 Å². The lowest BCUT2D eigenvalue weighted by molar-refractivity contribution is -0.158. The van der Waals surface area contributed by atoms with Crippen LogP contribution in [0.1, 0.15) is 40.5 Å². The average Bonchev–Trinajstić information content (AvgIpc) is 2.36. The molecule has 1 aliphatic heterocycles. The summed E-state index contributed by atoms with van der Waals surface area (Å²) in [5.41, 5.74) is -1.01. The second kappa shape index (κ2) is 7.31. The third-order valence-electron chi connectivity index (χ3n) is 3.78. The fourth-order valence-electron chi connectivity index (χ4n) is 2.21. The van der Waals surface area contributed by atoms with E-state index in [-0.39, 0.29) is 12.1 Å². The molecule has 1 aliphatic rings. The van der Waals surface area contributed by atoms with Crippen LogP contribution in [0.2, 0.25) is 0 Å². The average molecular weight is 314 g/mol. The van der Waals surface area contributed by atoms with E-state index in [0.29, 0.717) is 39.1 Å². The maximum Gasteiger partial charge on any atom is 0.410 e. The fraction of sp³-hybridized carbons (Fsp3) is 0.875. The molecule has 0 aliphatic carbocycles. The van der Waals surface area contributed by atoms with Crippen molar-refractivity contribution >= 4 is 12.1 Å². The summed E-state index contributed by atoms with van der Waals surface area (Å²) in [5.74, 6) is -0.168. The zero-order chi connectivity index (χ0) is 17.0. The van der Waals surface area contributed by atoms with Gasteiger partial charge >= 0.3 is 12.1 Å². The van der Waals surface area contributed by atoms with E-state index >= 15 is 0 Å². The lowest BCUT2D eigenvalue weighted by atomic mass is 9.80.